The lowest BCUT2D eigenvalue weighted by atomic mass is 10.1. The average Bonchev–Trinajstić information content (AvgIpc) is 2.48. The number of halogens is 1. The summed E-state index contributed by atoms with van der Waals surface area (Å²) in [4.78, 5) is 0.156. The molecule has 0 spiro atoms. The highest BCUT2D eigenvalue weighted by molar-refractivity contribution is 7.86. The highest BCUT2D eigenvalue weighted by Crippen LogP contribution is 2.27. The van der Waals surface area contributed by atoms with Crippen LogP contribution in [-0.2, 0) is 14.3 Å². The average molecular weight is 325 g/mol. The van der Waals surface area contributed by atoms with Crippen LogP contribution >= 0.6 is 11.6 Å². The molecule has 2 aromatic carbocycles. The second-order valence-corrected chi connectivity index (χ2v) is 6.69. The fourth-order valence-electron chi connectivity index (χ4n) is 1.95. The van der Waals surface area contributed by atoms with E-state index in [0.29, 0.717) is 12.3 Å². The Morgan fingerprint density at radius 3 is 2.24 bits per heavy atom. The molecule has 0 amide bonds. The van der Waals surface area contributed by atoms with Crippen LogP contribution in [0.25, 0.3) is 0 Å². The third kappa shape index (κ3) is 4.30. The van der Waals surface area contributed by atoms with Crippen LogP contribution in [0.4, 0.5) is 0 Å². The molecule has 0 fully saturated rings. The van der Waals surface area contributed by atoms with Gasteiger partial charge in [0.15, 0.2) is 0 Å². The second-order valence-electron chi connectivity index (χ2n) is 4.74. The van der Waals surface area contributed by atoms with E-state index in [9.17, 15) is 8.42 Å². The molecule has 2 rings (SSSR count). The summed E-state index contributed by atoms with van der Waals surface area (Å²) in [5.74, 6) is 0.322. The van der Waals surface area contributed by atoms with E-state index in [2.05, 4.69) is 0 Å². The first-order valence-electron chi connectivity index (χ1n) is 6.64. The number of benzene rings is 2. The monoisotopic (exact) mass is 324 g/mol. The molecule has 112 valence electrons. The van der Waals surface area contributed by atoms with Crippen LogP contribution < -0.4 is 0 Å². The smallest absolute Gasteiger partial charge is 0.258 e. The summed E-state index contributed by atoms with van der Waals surface area (Å²) in [6.45, 7) is 1.90. The number of hydrogen-bond acceptors (Lipinski definition) is 3. The maximum absolute atomic E-state index is 12.3. The fraction of sp³-hybridized carbons (Fsp3) is 0.250. The molecule has 21 heavy (non-hydrogen) atoms. The van der Waals surface area contributed by atoms with Crippen LogP contribution in [0.3, 0.4) is 0 Å². The van der Waals surface area contributed by atoms with E-state index in [-0.39, 0.29) is 4.90 Å². The van der Waals surface area contributed by atoms with E-state index in [1.165, 1.54) is 0 Å². The summed E-state index contributed by atoms with van der Waals surface area (Å²) in [5, 5.41) is 0. The van der Waals surface area contributed by atoms with Gasteiger partial charge < -0.3 is 0 Å². The Morgan fingerprint density at radius 2 is 1.67 bits per heavy atom. The molecular weight excluding hydrogens is 308 g/mol. The van der Waals surface area contributed by atoms with Crippen LogP contribution in [0.5, 0.6) is 0 Å². The molecule has 0 N–H and O–H groups in total. The first-order valence-corrected chi connectivity index (χ1v) is 8.58. The van der Waals surface area contributed by atoms with E-state index in [4.69, 9.17) is 15.8 Å². The molecule has 1 unspecified atom stereocenters. The molecule has 5 heteroatoms. The van der Waals surface area contributed by atoms with Gasteiger partial charge in [0.25, 0.3) is 10.1 Å². The van der Waals surface area contributed by atoms with Gasteiger partial charge in [-0.15, -0.1) is 11.6 Å². The quantitative estimate of drug-likeness (QED) is 0.594. The zero-order chi connectivity index (χ0) is 15.3. The van der Waals surface area contributed by atoms with E-state index in [1.807, 2.05) is 37.3 Å². The minimum Gasteiger partial charge on any atom is -0.258 e. The van der Waals surface area contributed by atoms with Crippen molar-refractivity contribution in [2.24, 2.45) is 0 Å². The van der Waals surface area contributed by atoms with Gasteiger partial charge in [0.05, 0.1) is 4.90 Å². The van der Waals surface area contributed by atoms with Crippen LogP contribution in [0, 0.1) is 6.92 Å². The molecule has 0 aromatic heterocycles. The van der Waals surface area contributed by atoms with Gasteiger partial charge in [-0.3, -0.25) is 4.18 Å². The van der Waals surface area contributed by atoms with Crippen molar-refractivity contribution in [1.29, 1.82) is 0 Å². The van der Waals surface area contributed by atoms with Gasteiger partial charge in [-0.2, -0.15) is 8.42 Å². The van der Waals surface area contributed by atoms with Crippen LogP contribution in [0.15, 0.2) is 59.5 Å². The Kier molecular flexibility index (Phi) is 5.39. The van der Waals surface area contributed by atoms with Crippen LogP contribution in [-0.4, -0.2) is 14.3 Å². The maximum Gasteiger partial charge on any atom is 0.297 e. The molecule has 1 atom stereocenters. The third-order valence-electron chi connectivity index (χ3n) is 3.10. The summed E-state index contributed by atoms with van der Waals surface area (Å²) < 4.78 is 30.1. The summed E-state index contributed by atoms with van der Waals surface area (Å²) >= 11 is 5.77. The van der Waals surface area contributed by atoms with Gasteiger partial charge in [-0.05, 0) is 31.0 Å². The van der Waals surface area contributed by atoms with Crippen LogP contribution in [0.2, 0.25) is 0 Å². The fourth-order valence-corrected chi connectivity index (χ4v) is 3.24. The summed E-state index contributed by atoms with van der Waals surface area (Å²) in [6.07, 6.45) is -0.147. The maximum atomic E-state index is 12.3. The Balaban J connectivity index is 2.25. The Hall–Kier alpha value is -1.36. The predicted molar refractivity (Wildman–Crippen MR) is 84.0 cm³/mol. The summed E-state index contributed by atoms with van der Waals surface area (Å²) in [6, 6.07) is 15.8. The van der Waals surface area contributed by atoms with E-state index < -0.39 is 16.2 Å². The summed E-state index contributed by atoms with van der Waals surface area (Å²) in [5.41, 5.74) is 1.79. The molecule has 3 nitrogen and oxygen atoms in total. The van der Waals surface area contributed by atoms with Gasteiger partial charge in [-0.25, -0.2) is 0 Å². The zero-order valence-electron chi connectivity index (χ0n) is 11.7. The van der Waals surface area contributed by atoms with Crippen LogP contribution in [0.1, 0.15) is 23.7 Å². The molecule has 0 aliphatic heterocycles. The normalized spacial score (nSPS) is 13.0. The second kappa shape index (κ2) is 7.07. The van der Waals surface area contributed by atoms with E-state index in [1.54, 1.807) is 24.3 Å². The Bertz CT molecular complexity index is 666. The van der Waals surface area contributed by atoms with Crippen molar-refractivity contribution >= 4 is 21.7 Å². The first kappa shape index (κ1) is 16.0. The minimum atomic E-state index is -3.81. The van der Waals surface area contributed by atoms with E-state index >= 15 is 0 Å². The van der Waals surface area contributed by atoms with Gasteiger partial charge >= 0.3 is 0 Å². The Labute approximate surface area is 130 Å². The lowest BCUT2D eigenvalue weighted by molar-refractivity contribution is 0.210. The molecule has 0 saturated heterocycles. The van der Waals surface area contributed by atoms with Gasteiger partial charge in [-0.1, -0.05) is 48.0 Å². The molecule has 0 radical (unpaired) electrons. The number of alkyl halides is 1. The molecule has 0 bridgehead atoms. The molecule has 0 aliphatic rings. The van der Waals surface area contributed by atoms with Crippen molar-refractivity contribution < 1.29 is 12.6 Å². The largest absolute Gasteiger partial charge is 0.297 e. The van der Waals surface area contributed by atoms with Crippen molar-refractivity contribution in [3.63, 3.8) is 0 Å². The van der Waals surface area contributed by atoms with Gasteiger partial charge in [0.1, 0.15) is 6.10 Å². The van der Waals surface area contributed by atoms with Crippen molar-refractivity contribution in [2.75, 3.05) is 5.88 Å². The topological polar surface area (TPSA) is 43.4 Å². The zero-order valence-corrected chi connectivity index (χ0v) is 13.3. The molecule has 0 aliphatic carbocycles. The molecule has 0 saturated carbocycles. The molecule has 0 heterocycles. The lowest BCUT2D eigenvalue weighted by Crippen LogP contribution is -2.13. The number of rotatable bonds is 6. The third-order valence-corrected chi connectivity index (χ3v) is 4.65. The predicted octanol–water partition coefficient (Wildman–Crippen LogP) is 4.07. The highest BCUT2D eigenvalue weighted by Gasteiger charge is 2.22. The molecular formula is C16H17ClO3S. The molecule has 2 aromatic rings. The van der Waals surface area contributed by atoms with E-state index in [0.717, 1.165) is 11.1 Å². The van der Waals surface area contributed by atoms with Crippen molar-refractivity contribution in [3.8, 4) is 0 Å². The minimum absolute atomic E-state index is 0.156. The van der Waals surface area contributed by atoms with Gasteiger partial charge in [0.2, 0.25) is 0 Å². The number of hydrogen-bond donors (Lipinski definition) is 0. The summed E-state index contributed by atoms with van der Waals surface area (Å²) in [7, 11) is -3.81. The highest BCUT2D eigenvalue weighted by atomic mass is 35.5. The van der Waals surface area contributed by atoms with Crippen molar-refractivity contribution in [2.45, 2.75) is 24.3 Å². The van der Waals surface area contributed by atoms with Crippen molar-refractivity contribution in [3.05, 3.63) is 65.7 Å². The standard InChI is InChI=1S/C16H17ClO3S/c1-13-7-9-15(10-8-13)21(18,19)20-16(11-12-17)14-5-3-2-4-6-14/h2-10,16H,11-12H2,1H3. The SMILES string of the molecule is Cc1ccc(S(=O)(=O)OC(CCCl)c2ccccc2)cc1. The van der Waals surface area contributed by atoms with Crippen molar-refractivity contribution in [1.82, 2.24) is 0 Å². The van der Waals surface area contributed by atoms with Gasteiger partial charge in [0, 0.05) is 5.88 Å². The number of aryl methyl sites for hydroxylation is 1. The lowest BCUT2D eigenvalue weighted by Gasteiger charge is -2.17. The first-order chi connectivity index (χ1) is 10.0. The Morgan fingerprint density at radius 1 is 1.05 bits per heavy atom.